The van der Waals surface area contributed by atoms with Crippen molar-refractivity contribution >= 4 is 0 Å². The van der Waals surface area contributed by atoms with E-state index >= 15 is 0 Å². The monoisotopic (exact) mass is 238 g/mol. The number of phenols is 1. The first-order chi connectivity index (χ1) is 7.81. The summed E-state index contributed by atoms with van der Waals surface area (Å²) in [5, 5.41) is 9.75. The van der Waals surface area contributed by atoms with Crippen molar-refractivity contribution in [2.24, 2.45) is 5.73 Å². The van der Waals surface area contributed by atoms with Crippen LogP contribution in [0.4, 0.5) is 0 Å². The van der Waals surface area contributed by atoms with Crippen LogP contribution >= 0.6 is 0 Å². The fourth-order valence-electron chi connectivity index (χ4n) is 1.46. The Balaban J connectivity index is 2.86. The Morgan fingerprint density at radius 1 is 1.35 bits per heavy atom. The molecule has 0 bridgehead atoms. The van der Waals surface area contributed by atoms with Gasteiger partial charge in [-0.2, -0.15) is 0 Å². The molecule has 0 aromatic heterocycles. The van der Waals surface area contributed by atoms with Gasteiger partial charge in [-0.05, 0) is 46.0 Å². The first-order valence-electron chi connectivity index (χ1n) is 5.71. The van der Waals surface area contributed by atoms with Crippen LogP contribution in [-0.4, -0.2) is 29.3 Å². The highest BCUT2D eigenvalue weighted by atomic mass is 16.5. The normalized spacial score (nSPS) is 11.9. The number of hydrogen-bond donors (Lipinski definition) is 2. The third-order valence-electron chi connectivity index (χ3n) is 2.23. The van der Waals surface area contributed by atoms with E-state index in [4.69, 9.17) is 10.5 Å². The molecule has 0 saturated heterocycles. The molecule has 1 aromatic rings. The van der Waals surface area contributed by atoms with Gasteiger partial charge in [0.25, 0.3) is 0 Å². The van der Waals surface area contributed by atoms with Crippen molar-refractivity contribution < 1.29 is 9.84 Å². The molecule has 0 unspecified atom stereocenters. The van der Waals surface area contributed by atoms with E-state index in [2.05, 4.69) is 0 Å². The summed E-state index contributed by atoms with van der Waals surface area (Å²) in [5.41, 5.74) is 6.10. The molecule has 4 heteroatoms. The molecule has 0 amide bonds. The molecule has 0 aliphatic rings. The van der Waals surface area contributed by atoms with Crippen molar-refractivity contribution in [3.63, 3.8) is 0 Å². The summed E-state index contributed by atoms with van der Waals surface area (Å²) < 4.78 is 5.75. The molecule has 0 aliphatic carbocycles. The van der Waals surface area contributed by atoms with Crippen LogP contribution in [0.5, 0.6) is 11.5 Å². The Labute approximate surface area is 103 Å². The van der Waals surface area contributed by atoms with Gasteiger partial charge in [0.1, 0.15) is 17.1 Å². The third kappa shape index (κ3) is 4.63. The second-order valence-electron chi connectivity index (χ2n) is 5.20. The molecule has 3 N–H and O–H groups in total. The number of ether oxygens (including phenoxy) is 1. The quantitative estimate of drug-likeness (QED) is 0.787. The molecule has 0 spiro atoms. The number of rotatable bonds is 4. The molecule has 0 aliphatic heterocycles. The van der Waals surface area contributed by atoms with Crippen molar-refractivity contribution in [2.75, 3.05) is 13.7 Å². The average molecular weight is 238 g/mol. The predicted molar refractivity (Wildman–Crippen MR) is 69.0 cm³/mol. The van der Waals surface area contributed by atoms with Crippen LogP contribution in [0.15, 0.2) is 18.2 Å². The Morgan fingerprint density at radius 2 is 2.00 bits per heavy atom. The minimum Gasteiger partial charge on any atom is -0.508 e. The molecular weight excluding hydrogens is 216 g/mol. The number of nitrogens with two attached hydrogens (primary N) is 1. The molecule has 0 radical (unpaired) electrons. The topological polar surface area (TPSA) is 58.7 Å². The van der Waals surface area contributed by atoms with Gasteiger partial charge in [-0.3, -0.25) is 4.90 Å². The Morgan fingerprint density at radius 3 is 2.53 bits per heavy atom. The van der Waals surface area contributed by atoms with Crippen LogP contribution < -0.4 is 10.5 Å². The zero-order chi connectivity index (χ0) is 13.1. The van der Waals surface area contributed by atoms with Gasteiger partial charge >= 0.3 is 0 Å². The van der Waals surface area contributed by atoms with Crippen molar-refractivity contribution in [1.29, 1.82) is 0 Å². The predicted octanol–water partition coefficient (Wildman–Crippen LogP) is 1.92. The number of hydrogen-bond acceptors (Lipinski definition) is 4. The molecule has 17 heavy (non-hydrogen) atoms. The van der Waals surface area contributed by atoms with E-state index in [-0.39, 0.29) is 11.4 Å². The van der Waals surface area contributed by atoms with E-state index in [0.717, 1.165) is 11.3 Å². The van der Waals surface area contributed by atoms with Gasteiger partial charge in [-0.25, -0.2) is 0 Å². The zero-order valence-corrected chi connectivity index (χ0v) is 11.0. The SMILES string of the molecule is CN(CN)Cc1cc(OC(C)(C)C)ccc1O. The fourth-order valence-corrected chi connectivity index (χ4v) is 1.46. The lowest BCUT2D eigenvalue weighted by Crippen LogP contribution is -2.25. The highest BCUT2D eigenvalue weighted by Gasteiger charge is 2.13. The summed E-state index contributed by atoms with van der Waals surface area (Å²) >= 11 is 0. The lowest BCUT2D eigenvalue weighted by atomic mass is 10.1. The Kier molecular flexibility index (Phi) is 4.37. The maximum atomic E-state index is 9.75. The molecule has 1 aromatic carbocycles. The molecule has 0 heterocycles. The van der Waals surface area contributed by atoms with Gasteiger partial charge in [0.2, 0.25) is 0 Å². The molecular formula is C13H22N2O2. The average Bonchev–Trinajstić information content (AvgIpc) is 2.20. The number of nitrogens with zero attached hydrogens (tertiary/aromatic N) is 1. The summed E-state index contributed by atoms with van der Waals surface area (Å²) in [6, 6.07) is 5.28. The highest BCUT2D eigenvalue weighted by Crippen LogP contribution is 2.26. The van der Waals surface area contributed by atoms with Crippen molar-refractivity contribution in [3.8, 4) is 11.5 Å². The number of aromatic hydroxyl groups is 1. The number of benzene rings is 1. The van der Waals surface area contributed by atoms with Gasteiger partial charge in [0.15, 0.2) is 0 Å². The van der Waals surface area contributed by atoms with Crippen LogP contribution in [0.25, 0.3) is 0 Å². The van der Waals surface area contributed by atoms with E-state index in [0.29, 0.717) is 13.2 Å². The maximum Gasteiger partial charge on any atom is 0.120 e. The van der Waals surface area contributed by atoms with Crippen LogP contribution in [0.1, 0.15) is 26.3 Å². The lowest BCUT2D eigenvalue weighted by Gasteiger charge is -2.22. The van der Waals surface area contributed by atoms with Crippen molar-refractivity contribution in [3.05, 3.63) is 23.8 Å². The smallest absolute Gasteiger partial charge is 0.120 e. The van der Waals surface area contributed by atoms with E-state index in [1.807, 2.05) is 38.8 Å². The highest BCUT2D eigenvalue weighted by molar-refractivity contribution is 5.39. The summed E-state index contributed by atoms with van der Waals surface area (Å²) in [4.78, 5) is 1.91. The fraction of sp³-hybridized carbons (Fsp3) is 0.538. The maximum absolute atomic E-state index is 9.75. The van der Waals surface area contributed by atoms with Crippen LogP contribution in [0.3, 0.4) is 0 Å². The second kappa shape index (κ2) is 5.38. The van der Waals surface area contributed by atoms with E-state index < -0.39 is 0 Å². The summed E-state index contributed by atoms with van der Waals surface area (Å²) in [7, 11) is 1.90. The van der Waals surface area contributed by atoms with Crippen molar-refractivity contribution in [1.82, 2.24) is 4.90 Å². The van der Waals surface area contributed by atoms with Crippen LogP contribution in [0.2, 0.25) is 0 Å². The molecule has 4 nitrogen and oxygen atoms in total. The minimum absolute atomic E-state index is 0.242. The van der Waals surface area contributed by atoms with Gasteiger partial charge < -0.3 is 15.6 Å². The molecule has 0 saturated carbocycles. The van der Waals surface area contributed by atoms with E-state index in [9.17, 15) is 5.11 Å². The Hall–Kier alpha value is -1.26. The Bertz CT molecular complexity index is 372. The summed E-state index contributed by atoms with van der Waals surface area (Å²) in [6.45, 7) is 7.02. The molecule has 1 rings (SSSR count). The van der Waals surface area contributed by atoms with Crippen LogP contribution in [0, 0.1) is 0 Å². The van der Waals surface area contributed by atoms with Crippen LogP contribution in [-0.2, 0) is 6.54 Å². The van der Waals surface area contributed by atoms with Gasteiger partial charge in [-0.1, -0.05) is 0 Å². The summed E-state index contributed by atoms with van der Waals surface area (Å²) in [5.74, 6) is 1.03. The third-order valence-corrected chi connectivity index (χ3v) is 2.23. The standard InChI is InChI=1S/C13H22N2O2/c1-13(2,3)17-11-5-6-12(16)10(7-11)8-15(4)9-14/h5-7,16H,8-9,14H2,1-4H3. The summed E-state index contributed by atoms with van der Waals surface area (Å²) in [6.07, 6.45) is 0. The lowest BCUT2D eigenvalue weighted by molar-refractivity contribution is 0.130. The van der Waals surface area contributed by atoms with Gasteiger partial charge in [0.05, 0.1) is 0 Å². The van der Waals surface area contributed by atoms with E-state index in [1.54, 1.807) is 12.1 Å². The number of phenolic OH excluding ortho intramolecular Hbond substituents is 1. The van der Waals surface area contributed by atoms with Gasteiger partial charge in [-0.15, -0.1) is 0 Å². The largest absolute Gasteiger partial charge is 0.508 e. The first-order valence-corrected chi connectivity index (χ1v) is 5.71. The van der Waals surface area contributed by atoms with E-state index in [1.165, 1.54) is 0 Å². The molecule has 96 valence electrons. The first kappa shape index (κ1) is 13.8. The molecule has 0 atom stereocenters. The van der Waals surface area contributed by atoms with Gasteiger partial charge in [0, 0.05) is 18.8 Å². The second-order valence-corrected chi connectivity index (χ2v) is 5.20. The molecule has 0 fully saturated rings. The zero-order valence-electron chi connectivity index (χ0n) is 11.0. The van der Waals surface area contributed by atoms with Crippen molar-refractivity contribution in [2.45, 2.75) is 32.9 Å². The minimum atomic E-state index is -0.242.